The van der Waals surface area contributed by atoms with Gasteiger partial charge in [0.05, 0.1) is 10.9 Å². The van der Waals surface area contributed by atoms with Gasteiger partial charge in [-0.05, 0) is 35.0 Å². The molecule has 0 N–H and O–H groups in total. The summed E-state index contributed by atoms with van der Waals surface area (Å²) in [6, 6.07) is 16.5. The van der Waals surface area contributed by atoms with E-state index < -0.39 is 10.0 Å². The van der Waals surface area contributed by atoms with Crippen molar-refractivity contribution in [3.63, 3.8) is 0 Å². The molecule has 3 rings (SSSR count). The number of likely N-dealkylation sites (N-methyl/N-ethyl adjacent to an activating group) is 2. The van der Waals surface area contributed by atoms with Crippen molar-refractivity contribution in [3.8, 4) is 0 Å². The molecule has 2 aromatic carbocycles. The lowest BCUT2D eigenvalue weighted by Crippen LogP contribution is -2.39. The van der Waals surface area contributed by atoms with Crippen molar-refractivity contribution in [2.75, 3.05) is 25.5 Å². The van der Waals surface area contributed by atoms with Crippen LogP contribution >= 0.6 is 22.9 Å². The molecule has 0 atom stereocenters. The summed E-state index contributed by atoms with van der Waals surface area (Å²) in [4.78, 5) is 14.0. The summed E-state index contributed by atoms with van der Waals surface area (Å²) in [5.41, 5.74) is 0.707. The first-order valence-corrected chi connectivity index (χ1v) is 10.4. The second-order valence-corrected chi connectivity index (χ2v) is 9.79. The number of halogens is 1. The fourth-order valence-corrected chi connectivity index (χ4v) is 5.31. The fourth-order valence-electron chi connectivity index (χ4n) is 2.50. The van der Waals surface area contributed by atoms with E-state index in [0.29, 0.717) is 10.0 Å². The van der Waals surface area contributed by atoms with Crippen LogP contribution in [0.25, 0.3) is 10.8 Å². The Morgan fingerprint density at radius 2 is 1.73 bits per heavy atom. The SMILES string of the molecule is CN(C(=O)CN(C)S(=O)(=O)c1ccc(Cl)s1)c1ccc2ccccc2c1. The monoisotopic (exact) mass is 408 g/mol. The molecule has 0 spiro atoms. The van der Waals surface area contributed by atoms with Crippen molar-refractivity contribution < 1.29 is 13.2 Å². The highest BCUT2D eigenvalue weighted by Crippen LogP contribution is 2.28. The van der Waals surface area contributed by atoms with Crippen molar-refractivity contribution in [1.82, 2.24) is 4.31 Å². The van der Waals surface area contributed by atoms with Gasteiger partial charge < -0.3 is 4.90 Å². The minimum atomic E-state index is -3.74. The maximum absolute atomic E-state index is 12.6. The Morgan fingerprint density at radius 1 is 1.04 bits per heavy atom. The summed E-state index contributed by atoms with van der Waals surface area (Å²) in [5.74, 6) is -0.325. The van der Waals surface area contributed by atoms with Gasteiger partial charge in [0.25, 0.3) is 10.0 Å². The second kappa shape index (κ2) is 7.36. The summed E-state index contributed by atoms with van der Waals surface area (Å²) in [6.45, 7) is -0.263. The van der Waals surface area contributed by atoms with E-state index in [-0.39, 0.29) is 16.7 Å². The van der Waals surface area contributed by atoms with Gasteiger partial charge in [0.1, 0.15) is 4.21 Å². The maximum atomic E-state index is 12.6. The third kappa shape index (κ3) is 3.76. The van der Waals surface area contributed by atoms with Crippen molar-refractivity contribution in [1.29, 1.82) is 0 Å². The van der Waals surface area contributed by atoms with Crippen LogP contribution in [-0.4, -0.2) is 39.3 Å². The molecule has 0 aliphatic heterocycles. The van der Waals surface area contributed by atoms with Crippen LogP contribution < -0.4 is 4.90 Å². The molecule has 136 valence electrons. The van der Waals surface area contributed by atoms with E-state index in [4.69, 9.17) is 11.6 Å². The quantitative estimate of drug-likeness (QED) is 0.644. The smallest absolute Gasteiger partial charge is 0.252 e. The van der Waals surface area contributed by atoms with Gasteiger partial charge in [-0.3, -0.25) is 4.79 Å². The molecule has 1 amide bonds. The highest BCUT2D eigenvalue weighted by Gasteiger charge is 2.26. The summed E-state index contributed by atoms with van der Waals surface area (Å²) >= 11 is 6.78. The molecule has 0 unspecified atom stereocenters. The topological polar surface area (TPSA) is 57.7 Å². The van der Waals surface area contributed by atoms with Crippen molar-refractivity contribution in [3.05, 3.63) is 58.9 Å². The second-order valence-electron chi connectivity index (χ2n) is 5.80. The molecule has 0 radical (unpaired) electrons. The van der Waals surface area contributed by atoms with Crippen LogP contribution in [0.2, 0.25) is 4.34 Å². The van der Waals surface area contributed by atoms with Crippen LogP contribution in [-0.2, 0) is 14.8 Å². The molecular weight excluding hydrogens is 392 g/mol. The highest BCUT2D eigenvalue weighted by atomic mass is 35.5. The third-order valence-electron chi connectivity index (χ3n) is 4.07. The molecule has 3 aromatic rings. The van der Waals surface area contributed by atoms with Crippen LogP contribution in [0.15, 0.2) is 58.8 Å². The molecule has 8 heteroatoms. The van der Waals surface area contributed by atoms with Gasteiger partial charge in [0.15, 0.2) is 0 Å². The standard InChI is InChI=1S/C18H17ClN2O3S2/c1-20(26(23,24)18-10-9-16(19)25-18)12-17(22)21(2)15-8-7-13-5-3-4-6-14(13)11-15/h3-11H,12H2,1-2H3. The Balaban J connectivity index is 1.77. The normalized spacial score (nSPS) is 11.8. The zero-order valence-electron chi connectivity index (χ0n) is 14.2. The number of nitrogens with zero attached hydrogens (tertiary/aromatic N) is 2. The first kappa shape index (κ1) is 18.8. The highest BCUT2D eigenvalue weighted by molar-refractivity contribution is 7.91. The number of anilines is 1. The van der Waals surface area contributed by atoms with Gasteiger partial charge in [-0.15, -0.1) is 11.3 Å². The molecule has 0 bridgehead atoms. The molecule has 26 heavy (non-hydrogen) atoms. The molecule has 0 aliphatic carbocycles. The Hall–Kier alpha value is -1.93. The number of sulfonamides is 1. The van der Waals surface area contributed by atoms with Crippen LogP contribution in [0.1, 0.15) is 0 Å². The number of carbonyl (C=O) groups excluding carboxylic acids is 1. The van der Waals surface area contributed by atoms with E-state index in [2.05, 4.69) is 0 Å². The van der Waals surface area contributed by atoms with E-state index in [1.54, 1.807) is 7.05 Å². The summed E-state index contributed by atoms with van der Waals surface area (Å²) in [7, 11) is -0.726. The van der Waals surface area contributed by atoms with Crippen LogP contribution in [0.3, 0.4) is 0 Å². The molecule has 0 saturated carbocycles. The van der Waals surface area contributed by atoms with Crippen LogP contribution in [0.4, 0.5) is 5.69 Å². The molecule has 5 nitrogen and oxygen atoms in total. The maximum Gasteiger partial charge on any atom is 0.252 e. The Labute approximate surface area is 161 Å². The number of rotatable bonds is 5. The van der Waals surface area contributed by atoms with Gasteiger partial charge in [-0.2, -0.15) is 4.31 Å². The Kier molecular flexibility index (Phi) is 5.34. The molecule has 0 fully saturated rings. The molecule has 0 aliphatic rings. The summed E-state index contributed by atoms with van der Waals surface area (Å²) in [5, 5.41) is 2.09. The van der Waals surface area contributed by atoms with Gasteiger partial charge >= 0.3 is 0 Å². The van der Waals surface area contributed by atoms with E-state index in [9.17, 15) is 13.2 Å². The minimum absolute atomic E-state index is 0.117. The van der Waals surface area contributed by atoms with Gasteiger partial charge in [0.2, 0.25) is 5.91 Å². The van der Waals surface area contributed by atoms with Crippen molar-refractivity contribution in [2.24, 2.45) is 0 Å². The first-order chi connectivity index (χ1) is 12.3. The number of fused-ring (bicyclic) bond motifs is 1. The molecule has 1 heterocycles. The van der Waals surface area contributed by atoms with E-state index >= 15 is 0 Å². The predicted octanol–water partition coefficient (Wildman–Crippen LogP) is 3.84. The number of hydrogen-bond donors (Lipinski definition) is 0. The van der Waals surface area contributed by atoms with Crippen LogP contribution in [0.5, 0.6) is 0 Å². The Bertz CT molecular complexity index is 1060. The lowest BCUT2D eigenvalue weighted by molar-refractivity contribution is -0.118. The summed E-state index contributed by atoms with van der Waals surface area (Å²) in [6.07, 6.45) is 0. The zero-order chi connectivity index (χ0) is 18.9. The van der Waals surface area contributed by atoms with Crippen molar-refractivity contribution >= 4 is 55.3 Å². The predicted molar refractivity (Wildman–Crippen MR) is 107 cm³/mol. The molecular formula is C18H17ClN2O3S2. The largest absolute Gasteiger partial charge is 0.314 e. The molecule has 1 aromatic heterocycles. The first-order valence-electron chi connectivity index (χ1n) is 7.76. The van der Waals surface area contributed by atoms with Gasteiger partial charge in [0, 0.05) is 19.8 Å². The number of benzene rings is 2. The lowest BCUT2D eigenvalue weighted by Gasteiger charge is -2.22. The van der Waals surface area contributed by atoms with E-state index in [0.717, 1.165) is 26.4 Å². The zero-order valence-corrected chi connectivity index (χ0v) is 16.6. The Morgan fingerprint density at radius 3 is 2.38 bits per heavy atom. The van der Waals surface area contributed by atoms with E-state index in [1.165, 1.54) is 24.1 Å². The fraction of sp³-hybridized carbons (Fsp3) is 0.167. The number of hydrogen-bond acceptors (Lipinski definition) is 4. The molecule has 0 saturated heterocycles. The third-order valence-corrected chi connectivity index (χ3v) is 7.57. The lowest BCUT2D eigenvalue weighted by atomic mass is 10.1. The van der Waals surface area contributed by atoms with Gasteiger partial charge in [-0.1, -0.05) is 41.9 Å². The average molecular weight is 409 g/mol. The van der Waals surface area contributed by atoms with E-state index in [1.807, 2.05) is 42.5 Å². The number of thiophene rings is 1. The number of carbonyl (C=O) groups is 1. The average Bonchev–Trinajstić information content (AvgIpc) is 3.07. The van der Waals surface area contributed by atoms with Crippen LogP contribution in [0, 0.1) is 0 Å². The van der Waals surface area contributed by atoms with Crippen molar-refractivity contribution in [2.45, 2.75) is 4.21 Å². The minimum Gasteiger partial charge on any atom is -0.314 e. The number of amides is 1. The summed E-state index contributed by atoms with van der Waals surface area (Å²) < 4.78 is 26.6. The van der Waals surface area contributed by atoms with Gasteiger partial charge in [-0.25, -0.2) is 8.42 Å².